The molecule has 0 atom stereocenters. The molecule has 1 N–H and O–H groups in total. The summed E-state index contributed by atoms with van der Waals surface area (Å²) in [6, 6.07) is 13.5. The van der Waals surface area contributed by atoms with Crippen molar-refractivity contribution in [3.63, 3.8) is 0 Å². The molecule has 0 aliphatic heterocycles. The molecule has 0 bridgehead atoms. The first-order valence-electron chi connectivity index (χ1n) is 8.71. The lowest BCUT2D eigenvalue weighted by molar-refractivity contribution is -0.136. The Balaban J connectivity index is 1.79. The second kappa shape index (κ2) is 9.08. The lowest BCUT2D eigenvalue weighted by atomic mass is 10.1. The van der Waals surface area contributed by atoms with Gasteiger partial charge in [-0.2, -0.15) is 4.37 Å². The zero-order valence-electron chi connectivity index (χ0n) is 15.6. The molecule has 0 radical (unpaired) electrons. The van der Waals surface area contributed by atoms with E-state index in [1.165, 1.54) is 11.5 Å². The third-order valence-electron chi connectivity index (χ3n) is 4.38. The molecule has 1 heterocycles. The van der Waals surface area contributed by atoms with Crippen LogP contribution in [0.3, 0.4) is 0 Å². The molecule has 0 spiro atoms. The molecule has 1 aromatic heterocycles. The summed E-state index contributed by atoms with van der Waals surface area (Å²) in [5, 5.41) is 9.30. The molecule has 0 fully saturated rings. The third kappa shape index (κ3) is 4.64. The van der Waals surface area contributed by atoms with E-state index in [4.69, 9.17) is 26.2 Å². The normalized spacial score (nSPS) is 10.7. The molecule has 0 aliphatic rings. The lowest BCUT2D eigenvalue weighted by Crippen LogP contribution is -2.01. The maximum atomic E-state index is 10.8. The Morgan fingerprint density at radius 2 is 2.04 bits per heavy atom. The average molecular weight is 418 g/mol. The van der Waals surface area contributed by atoms with Crippen LogP contribution in [-0.4, -0.2) is 22.6 Å². The van der Waals surface area contributed by atoms with Gasteiger partial charge in [-0.15, -0.1) is 0 Å². The highest BCUT2D eigenvalue weighted by molar-refractivity contribution is 7.10. The summed E-state index contributed by atoms with van der Waals surface area (Å²) >= 11 is 7.66. The van der Waals surface area contributed by atoms with Crippen LogP contribution in [0.1, 0.15) is 23.1 Å². The Hall–Kier alpha value is -2.57. The second-order valence-corrected chi connectivity index (χ2v) is 7.38. The predicted octanol–water partition coefficient (Wildman–Crippen LogP) is 5.38. The van der Waals surface area contributed by atoms with Crippen LogP contribution in [0.2, 0.25) is 5.15 Å². The lowest BCUT2D eigenvalue weighted by Gasteiger charge is -2.12. The van der Waals surface area contributed by atoms with Gasteiger partial charge >= 0.3 is 5.97 Å². The Morgan fingerprint density at radius 3 is 2.75 bits per heavy atom. The van der Waals surface area contributed by atoms with Crippen LogP contribution in [0, 0.1) is 6.92 Å². The fraction of sp³-hybridized carbons (Fsp3) is 0.238. The standard InChI is InChI=1S/C21H20ClNO4S/c1-13-5-3-4-6-16(13)20-17(21(22)23-28-20)12-27-15-9-7-14(8-10-19(24)25)18(11-15)26-2/h3-7,9,11H,8,10,12H2,1-2H3,(H,24,25). The van der Waals surface area contributed by atoms with Crippen molar-refractivity contribution in [1.82, 2.24) is 4.37 Å². The van der Waals surface area contributed by atoms with Gasteiger partial charge in [-0.1, -0.05) is 41.9 Å². The first kappa shape index (κ1) is 20.2. The van der Waals surface area contributed by atoms with E-state index in [0.29, 0.717) is 23.1 Å². The van der Waals surface area contributed by atoms with E-state index in [0.717, 1.165) is 27.1 Å². The zero-order valence-corrected chi connectivity index (χ0v) is 17.1. The fourth-order valence-electron chi connectivity index (χ4n) is 2.87. The minimum Gasteiger partial charge on any atom is -0.496 e. The number of rotatable bonds is 8. The van der Waals surface area contributed by atoms with Gasteiger partial charge in [0, 0.05) is 18.1 Å². The first-order valence-corrected chi connectivity index (χ1v) is 9.86. The Bertz CT molecular complexity index is 986. The molecule has 2 aromatic carbocycles. The highest BCUT2D eigenvalue weighted by Gasteiger charge is 2.16. The van der Waals surface area contributed by atoms with Crippen LogP contribution in [0.25, 0.3) is 10.4 Å². The van der Waals surface area contributed by atoms with E-state index in [1.807, 2.05) is 37.3 Å². The highest BCUT2D eigenvalue weighted by atomic mass is 35.5. The van der Waals surface area contributed by atoms with Crippen molar-refractivity contribution in [3.8, 4) is 21.9 Å². The van der Waals surface area contributed by atoms with Crippen molar-refractivity contribution in [3.05, 3.63) is 64.3 Å². The van der Waals surface area contributed by atoms with Gasteiger partial charge in [-0.05, 0) is 47.6 Å². The highest BCUT2D eigenvalue weighted by Crippen LogP contribution is 2.36. The summed E-state index contributed by atoms with van der Waals surface area (Å²) in [5.74, 6) is 0.382. The smallest absolute Gasteiger partial charge is 0.303 e. The second-order valence-electron chi connectivity index (χ2n) is 6.25. The number of benzene rings is 2. The monoisotopic (exact) mass is 417 g/mol. The third-order valence-corrected chi connectivity index (χ3v) is 5.72. The number of hydrogen-bond donors (Lipinski definition) is 1. The molecule has 0 amide bonds. The Morgan fingerprint density at radius 1 is 1.25 bits per heavy atom. The zero-order chi connectivity index (χ0) is 20.1. The molecule has 5 nitrogen and oxygen atoms in total. The van der Waals surface area contributed by atoms with Gasteiger partial charge in [0.05, 0.1) is 12.0 Å². The number of methoxy groups -OCH3 is 1. The number of hydrogen-bond acceptors (Lipinski definition) is 5. The van der Waals surface area contributed by atoms with E-state index in [1.54, 1.807) is 19.2 Å². The van der Waals surface area contributed by atoms with Crippen molar-refractivity contribution >= 4 is 29.1 Å². The molecule has 0 saturated carbocycles. The summed E-state index contributed by atoms with van der Waals surface area (Å²) in [5.41, 5.74) is 3.91. The number of ether oxygens (including phenoxy) is 2. The van der Waals surface area contributed by atoms with Crippen LogP contribution in [-0.2, 0) is 17.8 Å². The van der Waals surface area contributed by atoms with Crippen molar-refractivity contribution in [2.24, 2.45) is 0 Å². The van der Waals surface area contributed by atoms with Gasteiger partial charge in [-0.3, -0.25) is 4.79 Å². The maximum absolute atomic E-state index is 10.8. The maximum Gasteiger partial charge on any atom is 0.303 e. The van der Waals surface area contributed by atoms with Gasteiger partial charge < -0.3 is 14.6 Å². The number of carboxylic acids is 1. The van der Waals surface area contributed by atoms with Crippen molar-refractivity contribution < 1.29 is 19.4 Å². The van der Waals surface area contributed by atoms with Crippen molar-refractivity contribution in [1.29, 1.82) is 0 Å². The van der Waals surface area contributed by atoms with E-state index in [2.05, 4.69) is 4.37 Å². The number of halogens is 1. The summed E-state index contributed by atoms with van der Waals surface area (Å²) in [7, 11) is 1.55. The van der Waals surface area contributed by atoms with E-state index in [9.17, 15) is 4.79 Å². The Kier molecular flexibility index (Phi) is 6.54. The van der Waals surface area contributed by atoms with Crippen LogP contribution >= 0.6 is 23.1 Å². The van der Waals surface area contributed by atoms with Crippen molar-refractivity contribution in [2.45, 2.75) is 26.4 Å². The van der Waals surface area contributed by atoms with Gasteiger partial charge in [0.2, 0.25) is 0 Å². The molecule has 3 rings (SSSR count). The number of nitrogens with zero attached hydrogens (tertiary/aromatic N) is 1. The van der Waals surface area contributed by atoms with Gasteiger partial charge in [0.15, 0.2) is 0 Å². The quantitative estimate of drug-likeness (QED) is 0.533. The molecule has 0 aliphatic carbocycles. The van der Waals surface area contributed by atoms with Crippen LogP contribution in [0.5, 0.6) is 11.5 Å². The SMILES string of the molecule is COc1cc(OCc2c(Cl)nsc2-c2ccccc2C)ccc1CCC(=O)O. The van der Waals surface area contributed by atoms with Crippen LogP contribution in [0.4, 0.5) is 0 Å². The molecule has 7 heteroatoms. The van der Waals surface area contributed by atoms with Gasteiger partial charge in [0.1, 0.15) is 23.3 Å². The van der Waals surface area contributed by atoms with Crippen LogP contribution < -0.4 is 9.47 Å². The topological polar surface area (TPSA) is 68.7 Å². The molecule has 28 heavy (non-hydrogen) atoms. The van der Waals surface area contributed by atoms with Gasteiger partial charge in [-0.25, -0.2) is 0 Å². The fourth-order valence-corrected chi connectivity index (χ4v) is 4.06. The number of aromatic nitrogens is 1. The predicted molar refractivity (Wildman–Crippen MR) is 111 cm³/mol. The first-order chi connectivity index (χ1) is 13.5. The summed E-state index contributed by atoms with van der Waals surface area (Å²) in [4.78, 5) is 11.8. The van der Waals surface area contributed by atoms with E-state index < -0.39 is 5.97 Å². The molecular formula is C21H20ClNO4S. The van der Waals surface area contributed by atoms with Crippen LogP contribution in [0.15, 0.2) is 42.5 Å². The molecule has 146 valence electrons. The number of carbonyl (C=O) groups is 1. The number of aliphatic carboxylic acids is 1. The van der Waals surface area contributed by atoms with E-state index >= 15 is 0 Å². The van der Waals surface area contributed by atoms with E-state index in [-0.39, 0.29) is 13.0 Å². The molecule has 0 saturated heterocycles. The summed E-state index contributed by atoms with van der Waals surface area (Å²) in [6.45, 7) is 2.32. The number of carboxylic acid groups (broad SMARTS) is 1. The minimum atomic E-state index is -0.842. The number of aryl methyl sites for hydroxylation is 2. The molecule has 0 unspecified atom stereocenters. The minimum absolute atomic E-state index is 0.0481. The summed E-state index contributed by atoms with van der Waals surface area (Å²) < 4.78 is 15.6. The summed E-state index contributed by atoms with van der Waals surface area (Å²) in [6.07, 6.45) is 0.447. The van der Waals surface area contributed by atoms with Crippen molar-refractivity contribution in [2.75, 3.05) is 7.11 Å². The molecule has 3 aromatic rings. The Labute approximate surface area is 172 Å². The average Bonchev–Trinajstić information content (AvgIpc) is 3.05. The molecular weight excluding hydrogens is 398 g/mol. The van der Waals surface area contributed by atoms with Gasteiger partial charge in [0.25, 0.3) is 0 Å². The largest absolute Gasteiger partial charge is 0.496 e.